The summed E-state index contributed by atoms with van der Waals surface area (Å²) in [6.45, 7) is 4.77. The van der Waals surface area contributed by atoms with Crippen LogP contribution in [0.15, 0.2) is 31.0 Å². The predicted octanol–water partition coefficient (Wildman–Crippen LogP) is 2.03. The van der Waals surface area contributed by atoms with Gasteiger partial charge in [-0.15, -0.1) is 0 Å². The summed E-state index contributed by atoms with van der Waals surface area (Å²) in [5, 5.41) is 7.07. The van der Waals surface area contributed by atoms with Gasteiger partial charge >= 0.3 is 0 Å². The smallest absolute Gasteiger partial charge is 0.220 e. The van der Waals surface area contributed by atoms with E-state index in [4.69, 9.17) is 0 Å². The van der Waals surface area contributed by atoms with E-state index in [0.29, 0.717) is 13.0 Å². The molecule has 1 unspecified atom stereocenters. The number of amides is 1. The third-order valence-electron chi connectivity index (χ3n) is 3.38. The molecule has 0 aromatic carbocycles. The number of carbonyl (C=O) groups excluding carboxylic acids is 1. The van der Waals surface area contributed by atoms with Gasteiger partial charge in [0.25, 0.3) is 0 Å². The number of hydrogen-bond donors (Lipinski definition) is 1. The Balaban J connectivity index is 1.84. The van der Waals surface area contributed by atoms with Gasteiger partial charge in [0.15, 0.2) is 0 Å². The lowest BCUT2D eigenvalue weighted by molar-refractivity contribution is -0.122. The third kappa shape index (κ3) is 4.37. The van der Waals surface area contributed by atoms with Crippen LogP contribution in [0.1, 0.15) is 43.5 Å². The number of rotatable bonds is 7. The van der Waals surface area contributed by atoms with E-state index in [0.717, 1.165) is 24.1 Å². The largest absolute Gasteiger partial charge is 0.348 e. The summed E-state index contributed by atoms with van der Waals surface area (Å²) in [7, 11) is 0. The van der Waals surface area contributed by atoms with Crippen LogP contribution in [0.2, 0.25) is 0 Å². The van der Waals surface area contributed by atoms with Crippen molar-refractivity contribution in [2.75, 3.05) is 0 Å². The van der Waals surface area contributed by atoms with Crippen LogP contribution in [-0.4, -0.2) is 25.7 Å². The Morgan fingerprint density at radius 2 is 2.33 bits per heavy atom. The molecule has 0 fully saturated rings. The molecule has 2 rings (SSSR count). The highest BCUT2D eigenvalue weighted by Gasteiger charge is 2.15. The van der Waals surface area contributed by atoms with Gasteiger partial charge in [0.1, 0.15) is 12.7 Å². The molecule has 2 aromatic rings. The van der Waals surface area contributed by atoms with E-state index in [-0.39, 0.29) is 11.9 Å². The van der Waals surface area contributed by atoms with Crippen molar-refractivity contribution in [2.45, 2.75) is 45.7 Å². The number of pyridine rings is 1. The fraction of sp³-hybridized carbons (Fsp3) is 0.467. The molecule has 112 valence electrons. The van der Waals surface area contributed by atoms with Crippen molar-refractivity contribution in [1.82, 2.24) is 25.1 Å². The van der Waals surface area contributed by atoms with Crippen molar-refractivity contribution < 1.29 is 4.79 Å². The van der Waals surface area contributed by atoms with Gasteiger partial charge in [-0.2, -0.15) is 5.10 Å². The molecule has 1 N–H and O–H groups in total. The molecular weight excluding hydrogens is 266 g/mol. The van der Waals surface area contributed by atoms with Crippen molar-refractivity contribution in [1.29, 1.82) is 0 Å². The van der Waals surface area contributed by atoms with Crippen LogP contribution >= 0.6 is 0 Å². The summed E-state index contributed by atoms with van der Waals surface area (Å²) in [5.41, 5.74) is 2.05. The molecule has 0 saturated carbocycles. The van der Waals surface area contributed by atoms with Gasteiger partial charge < -0.3 is 5.32 Å². The lowest BCUT2D eigenvalue weighted by Crippen LogP contribution is -2.29. The van der Waals surface area contributed by atoms with Gasteiger partial charge in [0.05, 0.1) is 11.7 Å². The highest BCUT2D eigenvalue weighted by Crippen LogP contribution is 2.17. The predicted molar refractivity (Wildman–Crippen MR) is 79.4 cm³/mol. The Kier molecular flexibility index (Phi) is 5.43. The second kappa shape index (κ2) is 7.52. The first-order valence-electron chi connectivity index (χ1n) is 7.24. The topological polar surface area (TPSA) is 72.7 Å². The van der Waals surface area contributed by atoms with Crippen LogP contribution in [0.4, 0.5) is 0 Å². The first-order chi connectivity index (χ1) is 10.2. The van der Waals surface area contributed by atoms with E-state index in [1.807, 2.05) is 19.1 Å². The molecule has 6 nitrogen and oxygen atoms in total. The molecule has 2 aromatic heterocycles. The van der Waals surface area contributed by atoms with Crippen molar-refractivity contribution in [3.8, 4) is 0 Å². The average Bonchev–Trinajstić information content (AvgIpc) is 2.99. The summed E-state index contributed by atoms with van der Waals surface area (Å²) in [5.74, 6) is 0.0482. The maximum Gasteiger partial charge on any atom is 0.220 e. The summed E-state index contributed by atoms with van der Waals surface area (Å²) >= 11 is 0. The second-order valence-electron chi connectivity index (χ2n) is 5.00. The Bertz CT molecular complexity index is 567. The zero-order chi connectivity index (χ0) is 15.1. The Morgan fingerprint density at radius 3 is 3.00 bits per heavy atom. The minimum absolute atomic E-state index is 0.0231. The zero-order valence-electron chi connectivity index (χ0n) is 12.5. The van der Waals surface area contributed by atoms with Crippen LogP contribution in [0.25, 0.3) is 0 Å². The fourth-order valence-corrected chi connectivity index (χ4v) is 2.24. The number of hydrogen-bond acceptors (Lipinski definition) is 4. The lowest BCUT2D eigenvalue weighted by Gasteiger charge is -2.18. The molecule has 1 amide bonds. The molecule has 2 heterocycles. The molecule has 0 spiro atoms. The first kappa shape index (κ1) is 15.2. The van der Waals surface area contributed by atoms with Crippen LogP contribution in [0.5, 0.6) is 0 Å². The number of nitrogens with zero attached hydrogens (tertiary/aromatic N) is 4. The Hall–Kier alpha value is -2.24. The zero-order valence-corrected chi connectivity index (χ0v) is 12.5. The van der Waals surface area contributed by atoms with Gasteiger partial charge in [-0.25, -0.2) is 4.98 Å². The van der Waals surface area contributed by atoms with Gasteiger partial charge in [0, 0.05) is 19.2 Å². The number of nitrogens with one attached hydrogen (secondary N) is 1. The molecule has 0 radical (unpaired) electrons. The van der Waals surface area contributed by atoms with Crippen molar-refractivity contribution >= 4 is 5.91 Å². The summed E-state index contributed by atoms with van der Waals surface area (Å²) in [4.78, 5) is 20.3. The van der Waals surface area contributed by atoms with Crippen LogP contribution in [-0.2, 0) is 11.3 Å². The molecule has 0 bridgehead atoms. The molecule has 6 heteroatoms. The Morgan fingerprint density at radius 1 is 1.48 bits per heavy atom. The van der Waals surface area contributed by atoms with E-state index in [1.165, 1.54) is 6.33 Å². The Labute approximate surface area is 124 Å². The standard InChI is InChI=1S/C15H21N5O/c1-3-13(15-12(2)6-4-8-17-15)19-14(21)7-5-9-20-11-16-10-18-20/h4,6,8,10-11,13H,3,5,7,9H2,1-2H3,(H,19,21). The average molecular weight is 287 g/mol. The monoisotopic (exact) mass is 287 g/mol. The summed E-state index contributed by atoms with van der Waals surface area (Å²) < 4.78 is 1.73. The molecule has 0 saturated heterocycles. The molecule has 0 aliphatic rings. The molecule has 21 heavy (non-hydrogen) atoms. The van der Waals surface area contributed by atoms with Crippen LogP contribution in [0.3, 0.4) is 0 Å². The molecule has 0 aliphatic carbocycles. The van der Waals surface area contributed by atoms with Crippen molar-refractivity contribution in [3.63, 3.8) is 0 Å². The number of aromatic nitrogens is 4. The van der Waals surface area contributed by atoms with Crippen LogP contribution < -0.4 is 5.32 Å². The van der Waals surface area contributed by atoms with Crippen molar-refractivity contribution in [2.24, 2.45) is 0 Å². The van der Waals surface area contributed by atoms with Gasteiger partial charge in [-0.3, -0.25) is 14.5 Å². The van der Waals surface area contributed by atoms with Gasteiger partial charge in [-0.05, 0) is 31.4 Å². The van der Waals surface area contributed by atoms with E-state index >= 15 is 0 Å². The molecular formula is C15H21N5O. The van der Waals surface area contributed by atoms with E-state index in [9.17, 15) is 4.79 Å². The van der Waals surface area contributed by atoms with Crippen LogP contribution in [0, 0.1) is 6.92 Å². The highest BCUT2D eigenvalue weighted by atomic mass is 16.1. The SMILES string of the molecule is CCC(NC(=O)CCCn1cncn1)c1ncccc1C. The lowest BCUT2D eigenvalue weighted by atomic mass is 10.1. The first-order valence-corrected chi connectivity index (χ1v) is 7.24. The van der Waals surface area contributed by atoms with E-state index < -0.39 is 0 Å². The maximum absolute atomic E-state index is 12.0. The molecule has 0 aliphatic heterocycles. The minimum atomic E-state index is -0.0231. The third-order valence-corrected chi connectivity index (χ3v) is 3.38. The number of aryl methyl sites for hydroxylation is 2. The normalized spacial score (nSPS) is 12.1. The molecule has 1 atom stereocenters. The maximum atomic E-state index is 12.0. The van der Waals surface area contributed by atoms with Gasteiger partial charge in [-0.1, -0.05) is 13.0 Å². The quantitative estimate of drug-likeness (QED) is 0.845. The summed E-state index contributed by atoms with van der Waals surface area (Å²) in [6.07, 6.45) is 6.96. The van der Waals surface area contributed by atoms with E-state index in [2.05, 4.69) is 27.3 Å². The minimum Gasteiger partial charge on any atom is -0.348 e. The fourth-order valence-electron chi connectivity index (χ4n) is 2.24. The van der Waals surface area contributed by atoms with Gasteiger partial charge in [0.2, 0.25) is 5.91 Å². The van der Waals surface area contributed by atoms with Crippen molar-refractivity contribution in [3.05, 3.63) is 42.2 Å². The number of carbonyl (C=O) groups is 1. The second-order valence-corrected chi connectivity index (χ2v) is 5.00. The highest BCUT2D eigenvalue weighted by molar-refractivity contribution is 5.76. The summed E-state index contributed by atoms with van der Waals surface area (Å²) in [6, 6.07) is 3.90. The van der Waals surface area contributed by atoms with E-state index in [1.54, 1.807) is 17.2 Å².